The van der Waals surface area contributed by atoms with Gasteiger partial charge >= 0.3 is 0 Å². The molecular formula is C16H20N2O4S2. The molecule has 6 nitrogen and oxygen atoms in total. The molecule has 2 fully saturated rings. The molecule has 130 valence electrons. The molecule has 1 aromatic rings. The van der Waals surface area contributed by atoms with Crippen LogP contribution < -0.4 is 4.90 Å². The molecule has 2 aliphatic heterocycles. The number of fused-ring (bicyclic) bond motifs is 1. The van der Waals surface area contributed by atoms with Crippen molar-refractivity contribution >= 4 is 38.4 Å². The lowest BCUT2D eigenvalue weighted by atomic mass is 10.1. The molecule has 0 bridgehead atoms. The quantitative estimate of drug-likeness (QED) is 0.806. The number of benzene rings is 1. The second-order valence-corrected chi connectivity index (χ2v) is 9.60. The Morgan fingerprint density at radius 2 is 1.96 bits per heavy atom. The van der Waals surface area contributed by atoms with Gasteiger partial charge in [-0.25, -0.2) is 8.42 Å². The highest BCUT2D eigenvalue weighted by atomic mass is 32.2. The van der Waals surface area contributed by atoms with Crippen LogP contribution >= 0.6 is 11.8 Å². The minimum atomic E-state index is -3.06. The van der Waals surface area contributed by atoms with E-state index in [1.54, 1.807) is 0 Å². The number of rotatable bonds is 3. The Morgan fingerprint density at radius 3 is 2.58 bits per heavy atom. The van der Waals surface area contributed by atoms with Gasteiger partial charge in [0.15, 0.2) is 15.0 Å². The molecule has 3 rings (SSSR count). The molecular weight excluding hydrogens is 348 g/mol. The van der Waals surface area contributed by atoms with E-state index in [1.165, 1.54) is 18.9 Å². The van der Waals surface area contributed by atoms with E-state index in [2.05, 4.69) is 11.1 Å². The van der Waals surface area contributed by atoms with E-state index in [0.717, 1.165) is 16.8 Å². The van der Waals surface area contributed by atoms with Gasteiger partial charge in [-0.05, 0) is 37.1 Å². The van der Waals surface area contributed by atoms with E-state index in [4.69, 9.17) is 4.74 Å². The Balaban J connectivity index is 2.02. The molecule has 0 unspecified atom stereocenters. The van der Waals surface area contributed by atoms with Crippen molar-refractivity contribution in [2.45, 2.75) is 25.1 Å². The number of amides is 1. The molecule has 24 heavy (non-hydrogen) atoms. The molecule has 1 aromatic carbocycles. The number of methoxy groups -OCH3 is 1. The van der Waals surface area contributed by atoms with E-state index in [9.17, 15) is 13.2 Å². The average molecular weight is 368 g/mol. The second kappa shape index (κ2) is 6.50. The Morgan fingerprint density at radius 1 is 1.29 bits per heavy atom. The summed E-state index contributed by atoms with van der Waals surface area (Å²) in [5, 5.41) is 0.469. The van der Waals surface area contributed by atoms with Gasteiger partial charge in [0.25, 0.3) is 5.91 Å². The summed E-state index contributed by atoms with van der Waals surface area (Å²) in [4.78, 5) is 18.0. The number of hydrogen-bond acceptors (Lipinski definition) is 5. The molecule has 0 N–H and O–H groups in total. The van der Waals surface area contributed by atoms with Crippen molar-refractivity contribution in [1.82, 2.24) is 0 Å². The highest BCUT2D eigenvalue weighted by molar-refractivity contribution is 8.16. The van der Waals surface area contributed by atoms with Crippen molar-refractivity contribution in [3.63, 3.8) is 0 Å². The number of aliphatic imine (C=N–C) groups is 1. The van der Waals surface area contributed by atoms with E-state index >= 15 is 0 Å². The molecule has 0 radical (unpaired) electrons. The first-order valence-corrected chi connectivity index (χ1v) is 10.3. The van der Waals surface area contributed by atoms with Crippen molar-refractivity contribution in [1.29, 1.82) is 0 Å². The number of nitrogens with zero attached hydrogens (tertiary/aromatic N) is 2. The van der Waals surface area contributed by atoms with Gasteiger partial charge < -0.3 is 9.64 Å². The lowest BCUT2D eigenvalue weighted by molar-refractivity contribution is -0.121. The highest BCUT2D eigenvalue weighted by Gasteiger charge is 2.49. The summed E-state index contributed by atoms with van der Waals surface area (Å²) in [7, 11) is -1.61. The number of carbonyl (C=O) groups excluding carboxylic acids is 1. The van der Waals surface area contributed by atoms with E-state index in [0.29, 0.717) is 5.17 Å². The lowest BCUT2D eigenvalue weighted by Gasteiger charge is -2.25. The van der Waals surface area contributed by atoms with Crippen LogP contribution in [0, 0.1) is 13.8 Å². The van der Waals surface area contributed by atoms with Crippen LogP contribution in [0.25, 0.3) is 0 Å². The van der Waals surface area contributed by atoms with E-state index in [-0.39, 0.29) is 35.3 Å². The van der Waals surface area contributed by atoms with Crippen LogP contribution in [0.15, 0.2) is 23.2 Å². The first-order valence-electron chi connectivity index (χ1n) is 7.64. The smallest absolute Gasteiger partial charge is 0.274 e. The predicted molar refractivity (Wildman–Crippen MR) is 96.5 cm³/mol. The summed E-state index contributed by atoms with van der Waals surface area (Å²) in [6.45, 7) is 3.91. The van der Waals surface area contributed by atoms with Gasteiger partial charge in [0.2, 0.25) is 0 Å². The number of aryl methyl sites for hydroxylation is 2. The van der Waals surface area contributed by atoms with Crippen molar-refractivity contribution < 1.29 is 17.9 Å². The number of amidine groups is 1. The summed E-state index contributed by atoms with van der Waals surface area (Å²) >= 11 is 1.37. The zero-order valence-electron chi connectivity index (χ0n) is 13.9. The SMILES string of the molecule is COCC(=O)N=C1S[C@@H]2CS(=O)(=O)C[C@H]2N1c1cc(C)cc(C)c1. The van der Waals surface area contributed by atoms with Crippen molar-refractivity contribution in [2.24, 2.45) is 4.99 Å². The Hall–Kier alpha value is -1.38. The van der Waals surface area contributed by atoms with E-state index < -0.39 is 9.84 Å². The molecule has 2 aliphatic rings. The Kier molecular flexibility index (Phi) is 4.72. The minimum absolute atomic E-state index is 0.0849. The average Bonchev–Trinajstić information content (AvgIpc) is 2.88. The monoisotopic (exact) mass is 368 g/mol. The van der Waals surface area contributed by atoms with Crippen molar-refractivity contribution in [3.8, 4) is 0 Å². The van der Waals surface area contributed by atoms with Gasteiger partial charge in [-0.3, -0.25) is 4.79 Å². The van der Waals surface area contributed by atoms with Crippen LogP contribution in [-0.2, 0) is 19.4 Å². The fraction of sp³-hybridized carbons (Fsp3) is 0.500. The largest absolute Gasteiger partial charge is 0.375 e. The molecule has 2 saturated heterocycles. The Bertz CT molecular complexity index is 784. The maximum Gasteiger partial charge on any atom is 0.274 e. The number of carbonyl (C=O) groups is 1. The minimum Gasteiger partial charge on any atom is -0.375 e. The van der Waals surface area contributed by atoms with Gasteiger partial charge in [0, 0.05) is 18.0 Å². The van der Waals surface area contributed by atoms with Crippen LogP contribution in [0.5, 0.6) is 0 Å². The van der Waals surface area contributed by atoms with Gasteiger partial charge in [-0.15, -0.1) is 0 Å². The maximum atomic E-state index is 12.0. The normalized spacial score (nSPS) is 26.8. The van der Waals surface area contributed by atoms with E-state index in [1.807, 2.05) is 30.9 Å². The van der Waals surface area contributed by atoms with Gasteiger partial charge in [-0.2, -0.15) is 4.99 Å². The molecule has 2 heterocycles. The third kappa shape index (κ3) is 3.50. The number of ether oxygens (including phenoxy) is 1. The topological polar surface area (TPSA) is 76.0 Å². The van der Waals surface area contributed by atoms with Gasteiger partial charge in [-0.1, -0.05) is 17.8 Å². The number of thioether (sulfide) groups is 1. The Labute approximate surface area is 146 Å². The molecule has 0 saturated carbocycles. The number of sulfone groups is 1. The number of hydrogen-bond donors (Lipinski definition) is 0. The molecule has 2 atom stereocenters. The van der Waals surface area contributed by atoms with Crippen LogP contribution in [0.4, 0.5) is 5.69 Å². The standard InChI is InChI=1S/C16H20N2O4S2/c1-10-4-11(2)6-12(5-10)18-13-8-24(20,21)9-14(13)23-16(18)17-15(19)7-22-3/h4-6,13-14H,7-9H2,1-3H3/t13-,14-/m1/s1. The molecule has 1 amide bonds. The predicted octanol–water partition coefficient (Wildman–Crippen LogP) is 1.55. The summed E-state index contributed by atoms with van der Waals surface area (Å²) in [6.07, 6.45) is 0. The van der Waals surface area contributed by atoms with Gasteiger partial charge in [0.05, 0.1) is 17.5 Å². The van der Waals surface area contributed by atoms with Crippen LogP contribution in [-0.4, -0.2) is 56.0 Å². The zero-order chi connectivity index (χ0) is 17.5. The third-order valence-electron chi connectivity index (χ3n) is 4.04. The first-order chi connectivity index (χ1) is 11.3. The molecule has 0 spiro atoms. The first kappa shape index (κ1) is 17.4. The number of anilines is 1. The zero-order valence-corrected chi connectivity index (χ0v) is 15.5. The van der Waals surface area contributed by atoms with Crippen LogP contribution in [0.3, 0.4) is 0 Å². The molecule has 8 heteroatoms. The fourth-order valence-electron chi connectivity index (χ4n) is 3.22. The van der Waals surface area contributed by atoms with Crippen LogP contribution in [0.2, 0.25) is 0 Å². The summed E-state index contributed by atoms with van der Waals surface area (Å²) in [6, 6.07) is 5.87. The van der Waals surface area contributed by atoms with Gasteiger partial charge in [0.1, 0.15) is 6.61 Å². The summed E-state index contributed by atoms with van der Waals surface area (Å²) in [5.41, 5.74) is 3.05. The third-order valence-corrected chi connectivity index (χ3v) is 7.25. The molecule has 0 aromatic heterocycles. The highest BCUT2D eigenvalue weighted by Crippen LogP contribution is 2.41. The second-order valence-electron chi connectivity index (χ2n) is 6.24. The molecule has 0 aliphatic carbocycles. The maximum absolute atomic E-state index is 12.0. The van der Waals surface area contributed by atoms with Crippen LogP contribution in [0.1, 0.15) is 11.1 Å². The van der Waals surface area contributed by atoms with Crippen molar-refractivity contribution in [3.05, 3.63) is 29.3 Å². The fourth-order valence-corrected chi connectivity index (χ4v) is 7.15. The lowest BCUT2D eigenvalue weighted by Crippen LogP contribution is -2.38. The van der Waals surface area contributed by atoms with Crippen molar-refractivity contribution in [2.75, 3.05) is 30.1 Å². The summed E-state index contributed by atoms with van der Waals surface area (Å²) in [5.74, 6) is -0.145. The summed E-state index contributed by atoms with van der Waals surface area (Å²) < 4.78 is 28.9.